The highest BCUT2D eigenvalue weighted by Crippen LogP contribution is 2.20. The van der Waals surface area contributed by atoms with E-state index >= 15 is 0 Å². The Morgan fingerprint density at radius 3 is 2.54 bits per heavy atom. The molecule has 0 radical (unpaired) electrons. The molecule has 0 aromatic rings. The maximum atomic E-state index is 9.06. The van der Waals surface area contributed by atoms with Gasteiger partial charge in [-0.25, -0.2) is 0 Å². The molecule has 13 heavy (non-hydrogen) atoms. The molecule has 2 N–H and O–H groups in total. The molecule has 1 atom stereocenters. The predicted octanol–water partition coefficient (Wildman–Crippen LogP) is 1.08. The lowest BCUT2D eigenvalue weighted by molar-refractivity contribution is -0.000763. The van der Waals surface area contributed by atoms with Gasteiger partial charge < -0.3 is 14.9 Å². The second-order valence-corrected chi connectivity index (χ2v) is 3.76. The van der Waals surface area contributed by atoms with E-state index in [0.29, 0.717) is 19.1 Å². The van der Waals surface area contributed by atoms with Gasteiger partial charge >= 0.3 is 0 Å². The summed E-state index contributed by atoms with van der Waals surface area (Å²) in [5.41, 5.74) is 0. The molecule has 0 amide bonds. The Morgan fingerprint density at radius 1 is 1.23 bits per heavy atom. The predicted molar refractivity (Wildman–Crippen MR) is 50.5 cm³/mol. The second-order valence-electron chi connectivity index (χ2n) is 3.76. The first-order chi connectivity index (χ1) is 6.33. The molecular formula is C10H20O3. The molecule has 3 nitrogen and oxygen atoms in total. The van der Waals surface area contributed by atoms with Gasteiger partial charge in [0.25, 0.3) is 0 Å². The van der Waals surface area contributed by atoms with Crippen molar-refractivity contribution in [2.45, 2.75) is 50.7 Å². The highest BCUT2D eigenvalue weighted by atomic mass is 16.5. The SMILES string of the molecule is OCC(O)CCOC1CCCCC1. The van der Waals surface area contributed by atoms with Crippen LogP contribution in [0.3, 0.4) is 0 Å². The van der Waals surface area contributed by atoms with Crippen LogP contribution in [-0.2, 0) is 4.74 Å². The summed E-state index contributed by atoms with van der Waals surface area (Å²) in [5.74, 6) is 0. The van der Waals surface area contributed by atoms with E-state index in [0.717, 1.165) is 12.8 Å². The molecule has 0 aliphatic heterocycles. The maximum Gasteiger partial charge on any atom is 0.0792 e. The van der Waals surface area contributed by atoms with Crippen molar-refractivity contribution >= 4 is 0 Å². The quantitative estimate of drug-likeness (QED) is 0.678. The van der Waals surface area contributed by atoms with Crippen molar-refractivity contribution in [1.82, 2.24) is 0 Å². The first-order valence-electron chi connectivity index (χ1n) is 5.23. The number of aliphatic hydroxyl groups excluding tert-OH is 2. The molecule has 78 valence electrons. The van der Waals surface area contributed by atoms with Gasteiger partial charge in [0.15, 0.2) is 0 Å². The highest BCUT2D eigenvalue weighted by Gasteiger charge is 2.13. The third kappa shape index (κ3) is 4.60. The summed E-state index contributed by atoms with van der Waals surface area (Å²) >= 11 is 0. The van der Waals surface area contributed by atoms with Gasteiger partial charge in [-0.05, 0) is 19.3 Å². The van der Waals surface area contributed by atoms with E-state index in [1.54, 1.807) is 0 Å². The average Bonchev–Trinajstić information content (AvgIpc) is 2.19. The number of aliphatic hydroxyl groups is 2. The van der Waals surface area contributed by atoms with Crippen LogP contribution in [0.1, 0.15) is 38.5 Å². The lowest BCUT2D eigenvalue weighted by Crippen LogP contribution is -2.21. The fourth-order valence-corrected chi connectivity index (χ4v) is 1.69. The fourth-order valence-electron chi connectivity index (χ4n) is 1.69. The molecule has 0 bridgehead atoms. The Kier molecular flexibility index (Phi) is 5.35. The monoisotopic (exact) mass is 188 g/mol. The van der Waals surface area contributed by atoms with E-state index in [9.17, 15) is 0 Å². The second kappa shape index (κ2) is 6.35. The third-order valence-corrected chi connectivity index (χ3v) is 2.57. The number of hydrogen-bond acceptors (Lipinski definition) is 3. The smallest absolute Gasteiger partial charge is 0.0792 e. The van der Waals surface area contributed by atoms with Gasteiger partial charge in [-0.3, -0.25) is 0 Å². The van der Waals surface area contributed by atoms with Crippen molar-refractivity contribution in [2.24, 2.45) is 0 Å². The summed E-state index contributed by atoms with van der Waals surface area (Å²) in [6, 6.07) is 0. The van der Waals surface area contributed by atoms with E-state index in [2.05, 4.69) is 0 Å². The minimum atomic E-state index is -0.608. The standard InChI is InChI=1S/C10H20O3/c11-8-9(12)6-7-13-10-4-2-1-3-5-10/h9-12H,1-8H2. The Labute approximate surface area is 79.7 Å². The van der Waals surface area contributed by atoms with Gasteiger partial charge in [0.05, 0.1) is 18.8 Å². The Morgan fingerprint density at radius 2 is 1.92 bits per heavy atom. The first-order valence-corrected chi connectivity index (χ1v) is 5.23. The summed E-state index contributed by atoms with van der Waals surface area (Å²) in [4.78, 5) is 0. The van der Waals surface area contributed by atoms with Gasteiger partial charge in [-0.2, -0.15) is 0 Å². The zero-order chi connectivity index (χ0) is 9.52. The first kappa shape index (κ1) is 11.0. The zero-order valence-corrected chi connectivity index (χ0v) is 8.11. The summed E-state index contributed by atoms with van der Waals surface area (Å²) in [6.45, 7) is 0.417. The van der Waals surface area contributed by atoms with E-state index in [1.165, 1.54) is 19.3 Å². The minimum absolute atomic E-state index is 0.159. The van der Waals surface area contributed by atoms with Crippen molar-refractivity contribution in [1.29, 1.82) is 0 Å². The van der Waals surface area contributed by atoms with Gasteiger partial charge in [0.2, 0.25) is 0 Å². The summed E-state index contributed by atoms with van der Waals surface area (Å²) in [6.07, 6.45) is 6.54. The van der Waals surface area contributed by atoms with Gasteiger partial charge in [0, 0.05) is 6.61 Å². The molecule has 1 saturated carbocycles. The van der Waals surface area contributed by atoms with Crippen LogP contribution in [-0.4, -0.2) is 35.6 Å². The summed E-state index contributed by atoms with van der Waals surface area (Å²) in [5, 5.41) is 17.6. The molecule has 3 heteroatoms. The van der Waals surface area contributed by atoms with Crippen LogP contribution in [0.4, 0.5) is 0 Å². The van der Waals surface area contributed by atoms with Crippen molar-refractivity contribution < 1.29 is 14.9 Å². The van der Waals surface area contributed by atoms with Crippen LogP contribution in [0.15, 0.2) is 0 Å². The Hall–Kier alpha value is -0.120. The van der Waals surface area contributed by atoms with Crippen LogP contribution in [0.2, 0.25) is 0 Å². The largest absolute Gasteiger partial charge is 0.394 e. The van der Waals surface area contributed by atoms with Crippen molar-refractivity contribution in [3.63, 3.8) is 0 Å². The number of hydrogen-bond donors (Lipinski definition) is 2. The molecule has 1 unspecified atom stereocenters. The van der Waals surface area contributed by atoms with Crippen LogP contribution >= 0.6 is 0 Å². The average molecular weight is 188 g/mol. The highest BCUT2D eigenvalue weighted by molar-refractivity contribution is 4.65. The Balaban J connectivity index is 1.98. The van der Waals surface area contributed by atoms with Gasteiger partial charge in [0.1, 0.15) is 0 Å². The summed E-state index contributed by atoms with van der Waals surface area (Å²) < 4.78 is 5.58. The molecule has 1 fully saturated rings. The molecule has 0 aromatic carbocycles. The van der Waals surface area contributed by atoms with Crippen LogP contribution in [0.5, 0.6) is 0 Å². The van der Waals surface area contributed by atoms with E-state index < -0.39 is 6.10 Å². The fraction of sp³-hybridized carbons (Fsp3) is 1.00. The summed E-state index contributed by atoms with van der Waals surface area (Å²) in [7, 11) is 0. The lowest BCUT2D eigenvalue weighted by atomic mass is 9.98. The molecule has 0 spiro atoms. The normalized spacial score (nSPS) is 21.7. The van der Waals surface area contributed by atoms with Crippen LogP contribution in [0, 0.1) is 0 Å². The van der Waals surface area contributed by atoms with Crippen molar-refractivity contribution in [3.8, 4) is 0 Å². The van der Waals surface area contributed by atoms with Gasteiger partial charge in [-0.15, -0.1) is 0 Å². The Bertz CT molecular complexity index is 121. The van der Waals surface area contributed by atoms with E-state index in [1.807, 2.05) is 0 Å². The number of rotatable bonds is 5. The maximum absolute atomic E-state index is 9.06. The van der Waals surface area contributed by atoms with E-state index in [-0.39, 0.29) is 6.61 Å². The molecule has 1 rings (SSSR count). The molecule has 0 heterocycles. The molecule has 1 aliphatic rings. The third-order valence-electron chi connectivity index (χ3n) is 2.57. The molecule has 0 aromatic heterocycles. The minimum Gasteiger partial charge on any atom is -0.394 e. The van der Waals surface area contributed by atoms with Crippen LogP contribution < -0.4 is 0 Å². The van der Waals surface area contributed by atoms with Crippen molar-refractivity contribution in [2.75, 3.05) is 13.2 Å². The molecule has 0 saturated heterocycles. The molecular weight excluding hydrogens is 168 g/mol. The zero-order valence-electron chi connectivity index (χ0n) is 8.11. The van der Waals surface area contributed by atoms with Crippen LogP contribution in [0.25, 0.3) is 0 Å². The number of ether oxygens (including phenoxy) is 1. The lowest BCUT2D eigenvalue weighted by Gasteiger charge is -2.22. The molecule has 1 aliphatic carbocycles. The van der Waals surface area contributed by atoms with E-state index in [4.69, 9.17) is 14.9 Å². The van der Waals surface area contributed by atoms with Gasteiger partial charge in [-0.1, -0.05) is 19.3 Å². The van der Waals surface area contributed by atoms with Crippen molar-refractivity contribution in [3.05, 3.63) is 0 Å². The topological polar surface area (TPSA) is 49.7 Å².